The highest BCUT2D eigenvalue weighted by molar-refractivity contribution is 7.80. The third-order valence-corrected chi connectivity index (χ3v) is 2.06. The maximum absolute atomic E-state index is 5.22. The summed E-state index contributed by atoms with van der Waals surface area (Å²) in [6.45, 7) is 6.39. The molecule has 0 unspecified atom stereocenters. The summed E-state index contributed by atoms with van der Waals surface area (Å²) >= 11 is 5.07. The Morgan fingerprint density at radius 2 is 2.14 bits per heavy atom. The number of thiocarbonyl (C=S) groups is 1. The van der Waals surface area contributed by atoms with E-state index >= 15 is 0 Å². The Kier molecular flexibility index (Phi) is 3.95. The Labute approximate surface area is 89.5 Å². The Balaban J connectivity index is 2.96. The van der Waals surface area contributed by atoms with Crippen LogP contribution in [0.25, 0.3) is 0 Å². The van der Waals surface area contributed by atoms with Crippen LogP contribution in [-0.2, 0) is 11.2 Å². The van der Waals surface area contributed by atoms with Gasteiger partial charge in [0.15, 0.2) is 0 Å². The van der Waals surface area contributed by atoms with Crippen molar-refractivity contribution < 1.29 is 4.74 Å². The highest BCUT2D eigenvalue weighted by atomic mass is 32.1. The summed E-state index contributed by atoms with van der Waals surface area (Å²) in [5, 5.41) is 0.452. The highest BCUT2D eigenvalue weighted by Gasteiger charge is 2.06. The first kappa shape index (κ1) is 11.0. The van der Waals surface area contributed by atoms with Crippen LogP contribution in [0.5, 0.6) is 0 Å². The quantitative estimate of drug-likeness (QED) is 0.715. The van der Waals surface area contributed by atoms with Crippen molar-refractivity contribution >= 4 is 17.3 Å². The molecular weight excluding hydrogens is 196 g/mol. The normalized spacial score (nSPS) is 9.93. The molecule has 14 heavy (non-hydrogen) atoms. The molecule has 0 N–H and O–H groups in total. The van der Waals surface area contributed by atoms with E-state index in [0.717, 1.165) is 17.9 Å². The first-order valence-electron chi connectivity index (χ1n) is 4.69. The van der Waals surface area contributed by atoms with Gasteiger partial charge in [0.05, 0.1) is 6.61 Å². The van der Waals surface area contributed by atoms with Crippen LogP contribution in [0.3, 0.4) is 0 Å². The second-order valence-corrected chi connectivity index (χ2v) is 3.24. The molecule has 0 aromatic carbocycles. The van der Waals surface area contributed by atoms with Gasteiger partial charge < -0.3 is 4.74 Å². The molecule has 0 aliphatic rings. The molecule has 0 aliphatic carbocycles. The van der Waals surface area contributed by atoms with E-state index < -0.39 is 0 Å². The summed E-state index contributed by atoms with van der Waals surface area (Å²) < 4.78 is 5.22. The molecule has 1 aromatic rings. The summed E-state index contributed by atoms with van der Waals surface area (Å²) in [5.74, 6) is 0.737. The fraction of sp³-hybridized carbons (Fsp3) is 0.500. The average molecular weight is 210 g/mol. The van der Waals surface area contributed by atoms with Crippen LogP contribution < -0.4 is 0 Å². The summed E-state index contributed by atoms with van der Waals surface area (Å²) in [7, 11) is 0. The van der Waals surface area contributed by atoms with Crippen LogP contribution >= 0.6 is 12.2 Å². The lowest BCUT2D eigenvalue weighted by atomic mass is 10.2. The molecular formula is C10H14N2OS. The number of aryl methyl sites for hydroxylation is 2. The predicted octanol–water partition coefficient (Wildman–Crippen LogP) is 2.06. The summed E-state index contributed by atoms with van der Waals surface area (Å²) in [5.41, 5.74) is 1.71. The van der Waals surface area contributed by atoms with Gasteiger partial charge in [-0.3, -0.25) is 0 Å². The van der Waals surface area contributed by atoms with E-state index in [1.165, 1.54) is 0 Å². The SMILES string of the molecule is CCOC(=S)c1cc(CC)nc(C)n1. The van der Waals surface area contributed by atoms with Gasteiger partial charge in [0.2, 0.25) is 5.05 Å². The standard InChI is InChI=1S/C10H14N2OS/c1-4-8-6-9(10(14)13-5-2)12-7(3)11-8/h6H,4-5H2,1-3H3. The molecule has 0 bridgehead atoms. The lowest BCUT2D eigenvalue weighted by Crippen LogP contribution is -2.08. The molecule has 1 heterocycles. The van der Waals surface area contributed by atoms with Gasteiger partial charge in [0, 0.05) is 5.69 Å². The zero-order chi connectivity index (χ0) is 10.6. The summed E-state index contributed by atoms with van der Waals surface area (Å²) in [6.07, 6.45) is 0.880. The Bertz CT molecular complexity index is 339. The second kappa shape index (κ2) is 5.00. The Morgan fingerprint density at radius 1 is 1.43 bits per heavy atom. The van der Waals surface area contributed by atoms with Gasteiger partial charge in [-0.1, -0.05) is 6.92 Å². The number of hydrogen-bond donors (Lipinski definition) is 0. The minimum absolute atomic E-state index is 0.452. The lowest BCUT2D eigenvalue weighted by Gasteiger charge is -2.06. The van der Waals surface area contributed by atoms with Gasteiger partial charge in [0.1, 0.15) is 11.5 Å². The van der Waals surface area contributed by atoms with Gasteiger partial charge in [0.25, 0.3) is 0 Å². The highest BCUT2D eigenvalue weighted by Crippen LogP contribution is 2.04. The fourth-order valence-corrected chi connectivity index (χ4v) is 1.34. The second-order valence-electron chi connectivity index (χ2n) is 2.87. The third-order valence-electron chi connectivity index (χ3n) is 1.74. The van der Waals surface area contributed by atoms with Crippen LogP contribution in [0.15, 0.2) is 6.07 Å². The van der Waals surface area contributed by atoms with Crippen LogP contribution in [-0.4, -0.2) is 21.6 Å². The molecule has 0 saturated heterocycles. The van der Waals surface area contributed by atoms with Crippen molar-refractivity contribution in [3.05, 3.63) is 23.3 Å². The molecule has 3 nitrogen and oxygen atoms in total. The van der Waals surface area contributed by atoms with E-state index in [2.05, 4.69) is 16.9 Å². The lowest BCUT2D eigenvalue weighted by molar-refractivity contribution is 0.336. The third kappa shape index (κ3) is 2.73. The van der Waals surface area contributed by atoms with Crippen molar-refractivity contribution in [3.8, 4) is 0 Å². The van der Waals surface area contributed by atoms with E-state index in [9.17, 15) is 0 Å². The Hall–Kier alpha value is -1.03. The predicted molar refractivity (Wildman–Crippen MR) is 59.5 cm³/mol. The zero-order valence-corrected chi connectivity index (χ0v) is 9.52. The number of aromatic nitrogens is 2. The number of hydrogen-bond acceptors (Lipinski definition) is 4. The molecule has 1 aromatic heterocycles. The number of rotatable bonds is 3. The maximum Gasteiger partial charge on any atom is 0.210 e. The molecule has 0 fully saturated rings. The summed E-state index contributed by atoms with van der Waals surface area (Å²) in [4.78, 5) is 8.49. The minimum Gasteiger partial charge on any atom is -0.482 e. The number of nitrogens with zero attached hydrogens (tertiary/aromatic N) is 2. The van der Waals surface area contributed by atoms with E-state index in [0.29, 0.717) is 17.4 Å². The van der Waals surface area contributed by atoms with E-state index in [1.54, 1.807) is 0 Å². The molecule has 4 heteroatoms. The van der Waals surface area contributed by atoms with Crippen molar-refractivity contribution in [2.24, 2.45) is 0 Å². The first-order chi connectivity index (χ1) is 6.67. The molecule has 76 valence electrons. The van der Waals surface area contributed by atoms with E-state index in [-0.39, 0.29) is 0 Å². The first-order valence-corrected chi connectivity index (χ1v) is 5.09. The molecule has 0 amide bonds. The number of ether oxygens (including phenoxy) is 1. The van der Waals surface area contributed by atoms with Crippen molar-refractivity contribution in [3.63, 3.8) is 0 Å². The molecule has 1 rings (SSSR count). The minimum atomic E-state index is 0.452. The maximum atomic E-state index is 5.22. The average Bonchev–Trinajstić information content (AvgIpc) is 2.17. The smallest absolute Gasteiger partial charge is 0.210 e. The van der Waals surface area contributed by atoms with Gasteiger partial charge in [-0.15, -0.1) is 0 Å². The van der Waals surface area contributed by atoms with Crippen molar-refractivity contribution in [1.82, 2.24) is 9.97 Å². The van der Waals surface area contributed by atoms with Crippen LogP contribution in [0, 0.1) is 6.92 Å². The van der Waals surface area contributed by atoms with Gasteiger partial charge in [-0.05, 0) is 38.6 Å². The molecule has 0 radical (unpaired) electrons. The topological polar surface area (TPSA) is 35.0 Å². The van der Waals surface area contributed by atoms with Crippen LogP contribution in [0.1, 0.15) is 31.1 Å². The Morgan fingerprint density at radius 3 is 2.71 bits per heavy atom. The van der Waals surface area contributed by atoms with Crippen LogP contribution in [0.4, 0.5) is 0 Å². The van der Waals surface area contributed by atoms with Gasteiger partial charge in [-0.25, -0.2) is 9.97 Å². The van der Waals surface area contributed by atoms with E-state index in [1.807, 2.05) is 19.9 Å². The molecule has 0 saturated carbocycles. The van der Waals surface area contributed by atoms with Gasteiger partial charge in [-0.2, -0.15) is 0 Å². The van der Waals surface area contributed by atoms with Crippen molar-refractivity contribution in [2.75, 3.05) is 6.61 Å². The van der Waals surface area contributed by atoms with E-state index in [4.69, 9.17) is 17.0 Å². The van der Waals surface area contributed by atoms with Crippen LogP contribution in [0.2, 0.25) is 0 Å². The fourth-order valence-electron chi connectivity index (χ4n) is 1.12. The largest absolute Gasteiger partial charge is 0.482 e. The van der Waals surface area contributed by atoms with Crippen molar-refractivity contribution in [2.45, 2.75) is 27.2 Å². The van der Waals surface area contributed by atoms with Gasteiger partial charge >= 0.3 is 0 Å². The molecule has 0 atom stereocenters. The zero-order valence-electron chi connectivity index (χ0n) is 8.70. The van der Waals surface area contributed by atoms with Crippen molar-refractivity contribution in [1.29, 1.82) is 0 Å². The molecule has 0 spiro atoms. The monoisotopic (exact) mass is 210 g/mol. The summed E-state index contributed by atoms with van der Waals surface area (Å²) in [6, 6.07) is 1.88. The molecule has 0 aliphatic heterocycles.